The monoisotopic (exact) mass is 545 g/mol. The van der Waals surface area contributed by atoms with E-state index in [2.05, 4.69) is 46.9 Å². The summed E-state index contributed by atoms with van der Waals surface area (Å²) in [5, 5.41) is 15.2. The predicted octanol–water partition coefficient (Wildman–Crippen LogP) is 5.86. The Labute approximate surface area is 229 Å². The molecule has 194 valence electrons. The van der Waals surface area contributed by atoms with Gasteiger partial charge < -0.3 is 10.6 Å². The first-order chi connectivity index (χ1) is 18.1. The van der Waals surface area contributed by atoms with Crippen LogP contribution in [0.15, 0.2) is 78.9 Å². The third kappa shape index (κ3) is 6.78. The van der Waals surface area contributed by atoms with E-state index in [4.69, 9.17) is 12.2 Å². The lowest BCUT2D eigenvalue weighted by Gasteiger charge is -2.19. The number of aromatic nitrogens is 2. The van der Waals surface area contributed by atoms with E-state index in [1.165, 1.54) is 0 Å². The van der Waals surface area contributed by atoms with Gasteiger partial charge in [-0.2, -0.15) is 0 Å². The fourth-order valence-electron chi connectivity index (χ4n) is 3.65. The van der Waals surface area contributed by atoms with E-state index in [1.54, 1.807) is 60.7 Å². The number of carbonyl (C=O) groups excluding carboxylic acids is 3. The molecular formula is C28H27N5O3S2. The highest BCUT2D eigenvalue weighted by atomic mass is 32.1. The number of rotatable bonds is 7. The van der Waals surface area contributed by atoms with Crippen LogP contribution in [-0.4, -0.2) is 27.9 Å². The minimum atomic E-state index is -0.961. The summed E-state index contributed by atoms with van der Waals surface area (Å²) < 4.78 is 0.426. The molecule has 0 saturated heterocycles. The fourth-order valence-corrected chi connectivity index (χ4v) is 4.44. The summed E-state index contributed by atoms with van der Waals surface area (Å²) in [7, 11) is 0. The molecule has 0 aliphatic rings. The molecule has 4 N–H and O–H groups in total. The van der Waals surface area contributed by atoms with Gasteiger partial charge in [-0.3, -0.25) is 24.8 Å². The van der Waals surface area contributed by atoms with Crippen molar-refractivity contribution in [3.8, 4) is 0 Å². The molecule has 0 spiro atoms. The van der Waals surface area contributed by atoms with Gasteiger partial charge in [0.05, 0.1) is 0 Å². The largest absolute Gasteiger partial charge is 0.336 e. The van der Waals surface area contributed by atoms with Crippen LogP contribution in [-0.2, 0) is 10.2 Å². The van der Waals surface area contributed by atoms with E-state index in [9.17, 15) is 14.4 Å². The second-order valence-corrected chi connectivity index (χ2v) is 11.2. The van der Waals surface area contributed by atoms with Crippen molar-refractivity contribution in [2.45, 2.75) is 32.2 Å². The fraction of sp³-hybridized carbons (Fsp3) is 0.179. The number of benzene rings is 3. The molecule has 0 radical (unpaired) electrons. The summed E-state index contributed by atoms with van der Waals surface area (Å²) in [6.45, 7) is 6.35. The number of H-pyrrole nitrogens is 1. The molecular weight excluding hydrogens is 518 g/mol. The smallest absolute Gasteiger partial charge is 0.255 e. The van der Waals surface area contributed by atoms with Gasteiger partial charge in [-0.25, -0.2) is 0 Å². The molecule has 4 rings (SSSR count). The topological polar surface area (TPSA) is 116 Å². The zero-order chi connectivity index (χ0) is 27.3. The number of nitrogens with one attached hydrogen (secondary N) is 4. The highest BCUT2D eigenvalue weighted by Crippen LogP contribution is 2.23. The summed E-state index contributed by atoms with van der Waals surface area (Å²) in [5.74, 6) is -1.15. The standard InChI is InChI=1S/C28H27N5O3S2/c1-28(2,3)20-13-9-18(10-14-20)23(34)29-21-15-11-19(12-16-21)24(35)30-22(17-7-5-4-6-8-17)25(36)31-26-32-33-27(37)38-26/h4-16,22H,1-3H3,(H,29,34)(H,30,35)(H,33,37)(H,31,32,36). The first kappa shape index (κ1) is 26.9. The molecule has 0 fully saturated rings. The van der Waals surface area contributed by atoms with Gasteiger partial charge in [-0.05, 0) is 65.2 Å². The number of nitrogens with zero attached hydrogens (tertiary/aromatic N) is 1. The number of anilines is 2. The SMILES string of the molecule is CC(C)(C)c1ccc(C(=O)Nc2ccc(C(=O)NC(C(=O)Nc3n[nH]c(=S)s3)c3ccccc3)cc2)cc1. The Morgan fingerprint density at radius 1 is 0.842 bits per heavy atom. The van der Waals surface area contributed by atoms with Crippen molar-refractivity contribution in [2.24, 2.45) is 0 Å². The van der Waals surface area contributed by atoms with Crippen LogP contribution in [0.4, 0.5) is 10.8 Å². The van der Waals surface area contributed by atoms with E-state index in [0.717, 1.165) is 16.9 Å². The number of amides is 3. The molecule has 38 heavy (non-hydrogen) atoms. The van der Waals surface area contributed by atoms with Crippen molar-refractivity contribution in [3.63, 3.8) is 0 Å². The lowest BCUT2D eigenvalue weighted by Crippen LogP contribution is -2.37. The molecule has 1 aromatic heterocycles. The number of carbonyl (C=O) groups is 3. The van der Waals surface area contributed by atoms with Crippen LogP contribution in [0.1, 0.15) is 58.7 Å². The summed E-state index contributed by atoms with van der Waals surface area (Å²) >= 11 is 6.13. The number of hydrogen-bond donors (Lipinski definition) is 4. The molecule has 1 unspecified atom stereocenters. The van der Waals surface area contributed by atoms with Gasteiger partial charge in [-0.15, -0.1) is 5.10 Å². The molecule has 3 amide bonds. The van der Waals surface area contributed by atoms with Crippen molar-refractivity contribution in [1.29, 1.82) is 0 Å². The minimum absolute atomic E-state index is 0.000106. The van der Waals surface area contributed by atoms with Gasteiger partial charge in [0.1, 0.15) is 6.04 Å². The highest BCUT2D eigenvalue weighted by molar-refractivity contribution is 7.73. The second kappa shape index (κ2) is 11.5. The van der Waals surface area contributed by atoms with Gasteiger partial charge in [0, 0.05) is 16.8 Å². The van der Waals surface area contributed by atoms with Crippen LogP contribution in [0.5, 0.6) is 0 Å². The summed E-state index contributed by atoms with van der Waals surface area (Å²) in [6.07, 6.45) is 0. The molecule has 4 aromatic rings. The van der Waals surface area contributed by atoms with Crippen molar-refractivity contribution in [3.05, 3.63) is 105 Å². The quantitative estimate of drug-likeness (QED) is 0.217. The molecule has 8 nitrogen and oxygen atoms in total. The third-order valence-electron chi connectivity index (χ3n) is 5.76. The molecule has 0 bridgehead atoms. The molecule has 0 aliphatic heterocycles. The van der Waals surface area contributed by atoms with E-state index in [-0.39, 0.29) is 11.3 Å². The average molecular weight is 546 g/mol. The predicted molar refractivity (Wildman–Crippen MR) is 152 cm³/mol. The van der Waals surface area contributed by atoms with E-state index < -0.39 is 17.9 Å². The van der Waals surface area contributed by atoms with Gasteiger partial charge in [0.25, 0.3) is 17.7 Å². The molecule has 0 saturated carbocycles. The Bertz CT molecular complexity index is 1490. The van der Waals surface area contributed by atoms with Crippen LogP contribution in [0.2, 0.25) is 0 Å². The Morgan fingerprint density at radius 3 is 2.03 bits per heavy atom. The van der Waals surface area contributed by atoms with Crippen LogP contribution < -0.4 is 16.0 Å². The van der Waals surface area contributed by atoms with Gasteiger partial charge >= 0.3 is 0 Å². The lowest BCUT2D eigenvalue weighted by atomic mass is 9.87. The molecule has 10 heteroatoms. The summed E-state index contributed by atoms with van der Waals surface area (Å²) in [5.41, 5.74) is 3.17. The maximum Gasteiger partial charge on any atom is 0.255 e. The van der Waals surface area contributed by atoms with Crippen LogP contribution in [0.25, 0.3) is 0 Å². The van der Waals surface area contributed by atoms with Gasteiger partial charge in [0.15, 0.2) is 3.95 Å². The maximum atomic E-state index is 13.0. The maximum absolute atomic E-state index is 13.0. The zero-order valence-electron chi connectivity index (χ0n) is 21.1. The molecule has 1 heterocycles. The molecule has 1 atom stereocenters. The average Bonchev–Trinajstić information content (AvgIpc) is 3.31. The first-order valence-corrected chi connectivity index (χ1v) is 13.1. The Morgan fingerprint density at radius 2 is 1.45 bits per heavy atom. The summed E-state index contributed by atoms with van der Waals surface area (Å²) in [4.78, 5) is 38.7. The highest BCUT2D eigenvalue weighted by Gasteiger charge is 2.24. The normalized spacial score (nSPS) is 11.9. The van der Waals surface area contributed by atoms with E-state index in [1.807, 2.05) is 18.2 Å². The van der Waals surface area contributed by atoms with Crippen molar-refractivity contribution >= 4 is 52.1 Å². The van der Waals surface area contributed by atoms with Gasteiger partial charge in [0.2, 0.25) is 5.13 Å². The second-order valence-electron chi connectivity index (χ2n) is 9.58. The van der Waals surface area contributed by atoms with Crippen molar-refractivity contribution in [1.82, 2.24) is 15.5 Å². The minimum Gasteiger partial charge on any atom is -0.336 e. The van der Waals surface area contributed by atoms with Crippen LogP contribution in [0.3, 0.4) is 0 Å². The van der Waals surface area contributed by atoms with Gasteiger partial charge in [-0.1, -0.05) is 74.6 Å². The van der Waals surface area contributed by atoms with E-state index in [0.29, 0.717) is 31.5 Å². The zero-order valence-corrected chi connectivity index (χ0v) is 22.7. The van der Waals surface area contributed by atoms with Crippen molar-refractivity contribution in [2.75, 3.05) is 10.6 Å². The van der Waals surface area contributed by atoms with Crippen LogP contribution >= 0.6 is 23.6 Å². The number of hydrogen-bond acceptors (Lipinski definition) is 6. The van der Waals surface area contributed by atoms with Crippen LogP contribution in [0, 0.1) is 3.95 Å². The summed E-state index contributed by atoms with van der Waals surface area (Å²) in [6, 6.07) is 21.9. The number of aromatic amines is 1. The Hall–Kier alpha value is -4.15. The lowest BCUT2D eigenvalue weighted by molar-refractivity contribution is -0.118. The third-order valence-corrected chi connectivity index (χ3v) is 6.76. The van der Waals surface area contributed by atoms with E-state index >= 15 is 0 Å². The molecule has 0 aliphatic carbocycles. The molecule has 3 aromatic carbocycles. The Balaban J connectivity index is 1.44. The van der Waals surface area contributed by atoms with Crippen molar-refractivity contribution < 1.29 is 14.4 Å². The first-order valence-electron chi connectivity index (χ1n) is 11.8. The Kier molecular flexibility index (Phi) is 8.13.